The Bertz CT molecular complexity index is 1460. The lowest BCUT2D eigenvalue weighted by Crippen LogP contribution is -2.56. The average molecular weight is 602 g/mol. The second-order valence-corrected chi connectivity index (χ2v) is 13.7. The zero-order valence-corrected chi connectivity index (χ0v) is 28.2. The summed E-state index contributed by atoms with van der Waals surface area (Å²) < 4.78 is 5.53. The number of aryl methyl sites for hydroxylation is 2. The Kier molecular flexibility index (Phi) is 11.6. The zero-order valence-electron chi connectivity index (χ0n) is 28.2. The molecule has 3 aromatic carbocycles. The molecule has 0 heterocycles. The fraction of sp³-hybridized carbons (Fsp3) is 0.486. The summed E-state index contributed by atoms with van der Waals surface area (Å²) in [7, 11) is 0. The first kappa shape index (κ1) is 34.6. The number of anilines is 1. The molecule has 0 fully saturated rings. The van der Waals surface area contributed by atoms with Crippen molar-refractivity contribution in [2.75, 3.05) is 5.32 Å². The molecule has 0 aliphatic carbocycles. The lowest BCUT2D eigenvalue weighted by atomic mass is 9.92. The minimum Gasteiger partial charge on any atom is -0.444 e. The van der Waals surface area contributed by atoms with Crippen LogP contribution in [0.25, 0.3) is 10.8 Å². The van der Waals surface area contributed by atoms with Crippen LogP contribution in [0.5, 0.6) is 0 Å². The molecule has 3 unspecified atom stereocenters. The van der Waals surface area contributed by atoms with E-state index in [9.17, 15) is 14.4 Å². The van der Waals surface area contributed by atoms with Gasteiger partial charge in [-0.25, -0.2) is 4.79 Å². The van der Waals surface area contributed by atoms with Crippen molar-refractivity contribution in [3.63, 3.8) is 0 Å². The Morgan fingerprint density at radius 1 is 0.841 bits per heavy atom. The minimum atomic E-state index is -0.932. The van der Waals surface area contributed by atoms with Crippen molar-refractivity contribution < 1.29 is 19.1 Å². The Hall–Kier alpha value is -3.87. The molecule has 7 heteroatoms. The minimum absolute atomic E-state index is 0.252. The topological polar surface area (TPSA) is 87.7 Å². The number of nitrogens with zero attached hydrogens (tertiary/aromatic N) is 1. The molecule has 44 heavy (non-hydrogen) atoms. The van der Waals surface area contributed by atoms with Crippen LogP contribution in [0.1, 0.15) is 91.0 Å². The highest BCUT2D eigenvalue weighted by Crippen LogP contribution is 2.32. The first-order chi connectivity index (χ1) is 20.6. The number of hydrogen-bond donors (Lipinski definition) is 2. The molecule has 3 rings (SSSR count). The van der Waals surface area contributed by atoms with Gasteiger partial charge in [0.15, 0.2) is 0 Å². The fourth-order valence-electron chi connectivity index (χ4n) is 5.45. The van der Waals surface area contributed by atoms with Crippen LogP contribution in [-0.2, 0) is 14.3 Å². The lowest BCUT2D eigenvalue weighted by Gasteiger charge is -2.40. The van der Waals surface area contributed by atoms with Gasteiger partial charge in [0.05, 0.1) is 0 Å². The maximum atomic E-state index is 14.7. The number of benzene rings is 3. The van der Waals surface area contributed by atoms with E-state index in [2.05, 4.69) is 24.5 Å². The summed E-state index contributed by atoms with van der Waals surface area (Å²) in [5.41, 5.74) is 2.66. The van der Waals surface area contributed by atoms with Crippen molar-refractivity contribution >= 4 is 34.4 Å². The Labute approximate surface area is 263 Å². The highest BCUT2D eigenvalue weighted by atomic mass is 16.6. The number of carbonyl (C=O) groups excluding carboxylic acids is 3. The molecule has 0 saturated heterocycles. The number of ether oxygens (including phenoxy) is 1. The van der Waals surface area contributed by atoms with Crippen LogP contribution in [-0.4, -0.2) is 40.5 Å². The number of amides is 3. The summed E-state index contributed by atoms with van der Waals surface area (Å²) in [4.78, 5) is 43.7. The van der Waals surface area contributed by atoms with Gasteiger partial charge in [-0.15, -0.1) is 0 Å². The summed E-state index contributed by atoms with van der Waals surface area (Å²) in [5, 5.41) is 8.03. The summed E-state index contributed by atoms with van der Waals surface area (Å²) >= 11 is 0. The van der Waals surface area contributed by atoms with E-state index in [0.29, 0.717) is 18.0 Å². The van der Waals surface area contributed by atoms with Gasteiger partial charge < -0.3 is 20.3 Å². The van der Waals surface area contributed by atoms with E-state index < -0.39 is 23.8 Å². The molecule has 0 saturated carbocycles. The number of hydrogen-bond acceptors (Lipinski definition) is 4. The summed E-state index contributed by atoms with van der Waals surface area (Å²) in [6.45, 7) is 19.4. The number of carbonyl (C=O) groups is 3. The van der Waals surface area contributed by atoms with Crippen LogP contribution in [0.3, 0.4) is 0 Å². The van der Waals surface area contributed by atoms with Crippen LogP contribution in [0, 0.1) is 25.7 Å². The van der Waals surface area contributed by atoms with Gasteiger partial charge in [0.25, 0.3) is 5.91 Å². The van der Waals surface area contributed by atoms with Gasteiger partial charge in [-0.1, -0.05) is 81.8 Å². The second-order valence-electron chi connectivity index (χ2n) is 13.7. The number of fused-ring (bicyclic) bond motifs is 1. The van der Waals surface area contributed by atoms with Crippen LogP contribution in [0.4, 0.5) is 10.5 Å². The van der Waals surface area contributed by atoms with Crippen LogP contribution in [0.2, 0.25) is 0 Å². The quantitative estimate of drug-likeness (QED) is 0.231. The molecule has 3 atom stereocenters. The van der Waals surface area contributed by atoms with Gasteiger partial charge in [-0.05, 0) is 100 Å². The molecule has 0 aliphatic rings. The third-order valence-corrected chi connectivity index (χ3v) is 7.76. The smallest absolute Gasteiger partial charge is 0.408 e. The first-order valence-electron chi connectivity index (χ1n) is 15.8. The van der Waals surface area contributed by atoms with Crippen molar-refractivity contribution in [2.45, 2.75) is 106 Å². The highest BCUT2D eigenvalue weighted by molar-refractivity contribution is 6.00. The van der Waals surface area contributed by atoms with Crippen molar-refractivity contribution in [3.05, 3.63) is 77.4 Å². The van der Waals surface area contributed by atoms with Gasteiger partial charge in [0.2, 0.25) is 5.91 Å². The zero-order chi connectivity index (χ0) is 32.8. The van der Waals surface area contributed by atoms with Crippen molar-refractivity contribution in [1.29, 1.82) is 0 Å². The molecule has 0 aromatic heterocycles. The molecular weight excluding hydrogens is 550 g/mol. The van der Waals surface area contributed by atoms with Crippen LogP contribution >= 0.6 is 0 Å². The second kappa shape index (κ2) is 14.7. The summed E-state index contributed by atoms with van der Waals surface area (Å²) in [6.07, 6.45) is 0.914. The predicted octanol–water partition coefficient (Wildman–Crippen LogP) is 8.34. The maximum Gasteiger partial charge on any atom is 0.408 e. The van der Waals surface area contributed by atoms with E-state index in [1.165, 1.54) is 0 Å². The summed E-state index contributed by atoms with van der Waals surface area (Å²) in [6, 6.07) is 17.6. The van der Waals surface area contributed by atoms with Gasteiger partial charge in [-0.2, -0.15) is 0 Å². The third kappa shape index (κ3) is 9.31. The number of rotatable bonds is 11. The lowest BCUT2D eigenvalue weighted by molar-refractivity contribution is -0.144. The van der Waals surface area contributed by atoms with Crippen LogP contribution < -0.4 is 10.6 Å². The van der Waals surface area contributed by atoms with E-state index >= 15 is 0 Å². The average Bonchev–Trinajstić information content (AvgIpc) is 2.92. The molecule has 238 valence electrons. The monoisotopic (exact) mass is 601 g/mol. The fourth-order valence-corrected chi connectivity index (χ4v) is 5.45. The van der Waals surface area contributed by atoms with Crippen molar-refractivity contribution in [1.82, 2.24) is 10.2 Å². The van der Waals surface area contributed by atoms with E-state index in [0.717, 1.165) is 33.9 Å². The molecule has 2 N–H and O–H groups in total. The van der Waals surface area contributed by atoms with E-state index in [4.69, 9.17) is 4.74 Å². The molecular formula is C37H51N3O4. The van der Waals surface area contributed by atoms with E-state index in [-0.39, 0.29) is 23.8 Å². The van der Waals surface area contributed by atoms with Gasteiger partial charge in [-0.3, -0.25) is 9.59 Å². The molecule has 7 nitrogen and oxygen atoms in total. The standard InChI is InChI=1S/C37H51N3O4/c1-23(2)15-17-27(7)40(35(42)32(24(3)4)39-36(43)44-37(8,9)10)33(31-20-16-25(5)21-26(31)6)34(41)38-30-19-18-28-13-11-12-14-29(28)22-30/h11-14,16,18-24,27,32-33H,15,17H2,1-10H3,(H,38,41)(H,39,43). The first-order valence-corrected chi connectivity index (χ1v) is 15.8. The molecule has 0 bridgehead atoms. The normalized spacial score (nSPS) is 13.8. The summed E-state index contributed by atoms with van der Waals surface area (Å²) in [5.74, 6) is -0.461. The van der Waals surface area contributed by atoms with Gasteiger partial charge >= 0.3 is 6.09 Å². The Morgan fingerprint density at radius 2 is 1.50 bits per heavy atom. The highest BCUT2D eigenvalue weighted by Gasteiger charge is 2.40. The maximum absolute atomic E-state index is 14.7. The predicted molar refractivity (Wildman–Crippen MR) is 180 cm³/mol. The molecule has 0 radical (unpaired) electrons. The van der Waals surface area contributed by atoms with Gasteiger partial charge in [0, 0.05) is 11.7 Å². The molecule has 0 aliphatic heterocycles. The third-order valence-electron chi connectivity index (χ3n) is 7.76. The molecule has 3 amide bonds. The largest absolute Gasteiger partial charge is 0.444 e. The van der Waals surface area contributed by atoms with Crippen molar-refractivity contribution in [3.8, 4) is 0 Å². The molecule has 0 spiro atoms. The van der Waals surface area contributed by atoms with Gasteiger partial charge in [0.1, 0.15) is 17.7 Å². The SMILES string of the molecule is Cc1ccc(C(C(=O)Nc2ccc3ccccc3c2)N(C(=O)C(NC(=O)OC(C)(C)C)C(C)C)C(C)CCC(C)C)c(C)c1. The molecule has 3 aromatic rings. The Morgan fingerprint density at radius 3 is 2.09 bits per heavy atom. The Balaban J connectivity index is 2.13. The van der Waals surface area contributed by atoms with Crippen molar-refractivity contribution in [2.24, 2.45) is 11.8 Å². The van der Waals surface area contributed by atoms with Crippen LogP contribution in [0.15, 0.2) is 60.7 Å². The number of alkyl carbamates (subject to hydrolysis) is 1. The van der Waals surface area contributed by atoms with E-state index in [1.54, 1.807) is 25.7 Å². The van der Waals surface area contributed by atoms with E-state index in [1.807, 2.05) is 95.3 Å². The number of nitrogens with one attached hydrogen (secondary N) is 2.